The van der Waals surface area contributed by atoms with E-state index in [1.165, 1.54) is 18.9 Å². The molecule has 0 saturated carbocycles. The number of nitrogens with one attached hydrogen (secondary N) is 1. The van der Waals surface area contributed by atoms with Crippen molar-refractivity contribution in [1.82, 2.24) is 15.1 Å². The Morgan fingerprint density at radius 3 is 2.50 bits per heavy atom. The highest BCUT2D eigenvalue weighted by Gasteiger charge is 2.13. The number of nitrogens with zero attached hydrogens (tertiary/aromatic N) is 2. The summed E-state index contributed by atoms with van der Waals surface area (Å²) in [4.78, 5) is 22.6. The summed E-state index contributed by atoms with van der Waals surface area (Å²) in [6.07, 6.45) is 2.31. The maximum atomic E-state index is 12.0. The molecule has 140 valence electrons. The molecule has 0 aliphatic rings. The Labute approximate surface area is 156 Å². The Hall–Kier alpha value is -2.74. The summed E-state index contributed by atoms with van der Waals surface area (Å²) in [5, 5.41) is 6.40. The molecule has 1 amide bonds. The van der Waals surface area contributed by atoms with Crippen LogP contribution in [-0.4, -0.2) is 41.7 Å². The van der Waals surface area contributed by atoms with E-state index >= 15 is 0 Å². The second-order valence-electron chi connectivity index (χ2n) is 5.22. The molecule has 1 aromatic heterocycles. The van der Waals surface area contributed by atoms with Crippen molar-refractivity contribution in [3.05, 3.63) is 36.2 Å². The van der Waals surface area contributed by atoms with Gasteiger partial charge in [0.1, 0.15) is 5.69 Å². The third kappa shape index (κ3) is 5.38. The highest BCUT2D eigenvalue weighted by molar-refractivity contribution is 6.63. The van der Waals surface area contributed by atoms with Crippen LogP contribution in [0.1, 0.15) is 23.3 Å². The molecule has 0 spiro atoms. The van der Waals surface area contributed by atoms with E-state index in [0.717, 1.165) is 0 Å². The number of methoxy groups -OCH3 is 2. The molecule has 0 radical (unpaired) electrons. The SMILES string of the molecule is COc1cccc(OC)c1OCn1ccc(C(=O)NCCCC(=O)Cl)n1. The number of aromatic nitrogens is 2. The van der Waals surface area contributed by atoms with Crippen LogP contribution in [0.25, 0.3) is 0 Å². The molecule has 0 unspecified atom stereocenters. The van der Waals surface area contributed by atoms with E-state index < -0.39 is 5.24 Å². The highest BCUT2D eigenvalue weighted by Crippen LogP contribution is 2.36. The lowest BCUT2D eigenvalue weighted by Gasteiger charge is -2.13. The number of hydrogen-bond acceptors (Lipinski definition) is 6. The van der Waals surface area contributed by atoms with Crippen LogP contribution in [0.15, 0.2) is 30.5 Å². The van der Waals surface area contributed by atoms with Gasteiger partial charge in [0.05, 0.1) is 14.2 Å². The minimum Gasteiger partial charge on any atom is -0.493 e. The standard InChI is InChI=1S/C17H20ClN3O5/c1-24-13-5-3-6-14(25-2)16(13)26-11-21-10-8-12(20-21)17(23)19-9-4-7-15(18)22/h3,5-6,8,10H,4,7,9,11H2,1-2H3,(H,19,23). The van der Waals surface area contributed by atoms with Crippen molar-refractivity contribution in [2.75, 3.05) is 20.8 Å². The van der Waals surface area contributed by atoms with E-state index in [1.54, 1.807) is 30.5 Å². The summed E-state index contributed by atoms with van der Waals surface area (Å²) < 4.78 is 17.7. The molecular weight excluding hydrogens is 362 g/mol. The van der Waals surface area contributed by atoms with Crippen molar-refractivity contribution < 1.29 is 23.8 Å². The van der Waals surface area contributed by atoms with Crippen molar-refractivity contribution in [1.29, 1.82) is 0 Å². The van der Waals surface area contributed by atoms with Crippen molar-refractivity contribution in [3.63, 3.8) is 0 Å². The first-order chi connectivity index (χ1) is 12.5. The lowest BCUT2D eigenvalue weighted by Crippen LogP contribution is -2.25. The number of halogens is 1. The van der Waals surface area contributed by atoms with Gasteiger partial charge in [0.15, 0.2) is 18.2 Å². The summed E-state index contributed by atoms with van der Waals surface area (Å²) >= 11 is 5.24. The second-order valence-corrected chi connectivity index (χ2v) is 5.64. The van der Waals surface area contributed by atoms with Gasteiger partial charge in [-0.15, -0.1) is 0 Å². The normalized spacial score (nSPS) is 10.3. The van der Waals surface area contributed by atoms with Crippen molar-refractivity contribution in [2.45, 2.75) is 19.6 Å². The summed E-state index contributed by atoms with van der Waals surface area (Å²) in [6, 6.07) is 6.88. The van der Waals surface area contributed by atoms with Gasteiger partial charge >= 0.3 is 0 Å². The zero-order valence-electron chi connectivity index (χ0n) is 14.5. The van der Waals surface area contributed by atoms with Crippen LogP contribution in [0.2, 0.25) is 0 Å². The number of carbonyl (C=O) groups excluding carboxylic acids is 2. The zero-order valence-corrected chi connectivity index (χ0v) is 15.3. The summed E-state index contributed by atoms with van der Waals surface area (Å²) in [5.41, 5.74) is 0.248. The van der Waals surface area contributed by atoms with Crippen LogP contribution in [0.3, 0.4) is 0 Å². The number of benzene rings is 1. The Bertz CT molecular complexity index is 740. The van der Waals surface area contributed by atoms with Crippen molar-refractivity contribution in [2.24, 2.45) is 0 Å². The van der Waals surface area contributed by atoms with Crippen LogP contribution in [-0.2, 0) is 11.5 Å². The molecule has 0 aliphatic heterocycles. The molecule has 1 N–H and O–H groups in total. The van der Waals surface area contributed by atoms with Gasteiger partial charge < -0.3 is 19.5 Å². The average molecular weight is 382 g/mol. The van der Waals surface area contributed by atoms with E-state index in [1.807, 2.05) is 0 Å². The molecule has 1 heterocycles. The second kappa shape index (κ2) is 9.67. The van der Waals surface area contributed by atoms with Crippen molar-refractivity contribution >= 4 is 22.8 Å². The molecule has 2 rings (SSSR count). The molecule has 2 aromatic rings. The fraction of sp³-hybridized carbons (Fsp3) is 0.353. The molecule has 9 heteroatoms. The maximum absolute atomic E-state index is 12.0. The topological polar surface area (TPSA) is 91.7 Å². The van der Waals surface area contributed by atoms with Gasteiger partial charge in [-0.1, -0.05) is 6.07 Å². The van der Waals surface area contributed by atoms with Gasteiger partial charge in [0.25, 0.3) is 5.91 Å². The fourth-order valence-corrected chi connectivity index (χ4v) is 2.30. The Morgan fingerprint density at radius 1 is 1.19 bits per heavy atom. The van der Waals surface area contributed by atoms with Crippen LogP contribution in [0.5, 0.6) is 17.2 Å². The molecule has 0 fully saturated rings. The summed E-state index contributed by atoms with van der Waals surface area (Å²) in [5.74, 6) is 1.18. The quantitative estimate of drug-likeness (QED) is 0.501. The van der Waals surface area contributed by atoms with E-state index in [2.05, 4.69) is 10.4 Å². The molecule has 26 heavy (non-hydrogen) atoms. The molecule has 0 atom stereocenters. The Morgan fingerprint density at radius 2 is 1.88 bits per heavy atom. The maximum Gasteiger partial charge on any atom is 0.271 e. The van der Waals surface area contributed by atoms with Crippen molar-refractivity contribution in [3.8, 4) is 17.2 Å². The van der Waals surface area contributed by atoms with Crippen LogP contribution in [0.4, 0.5) is 0 Å². The average Bonchev–Trinajstić information content (AvgIpc) is 3.11. The van der Waals surface area contributed by atoms with Gasteiger partial charge in [0, 0.05) is 19.2 Å². The highest BCUT2D eigenvalue weighted by atomic mass is 35.5. The van der Waals surface area contributed by atoms with Gasteiger partial charge in [0.2, 0.25) is 11.0 Å². The van der Waals surface area contributed by atoms with Gasteiger partial charge in [-0.25, -0.2) is 4.68 Å². The molecule has 0 aliphatic carbocycles. The minimum absolute atomic E-state index is 0.0742. The smallest absolute Gasteiger partial charge is 0.271 e. The first-order valence-electron chi connectivity index (χ1n) is 7.89. The molecule has 0 bridgehead atoms. The number of amides is 1. The fourth-order valence-electron chi connectivity index (χ4n) is 2.16. The number of rotatable bonds is 10. The van der Waals surface area contributed by atoms with Gasteiger partial charge in [-0.3, -0.25) is 9.59 Å². The predicted octanol–water partition coefficient (Wildman–Crippen LogP) is 2.21. The van der Waals surface area contributed by atoms with E-state index in [4.69, 9.17) is 25.8 Å². The summed E-state index contributed by atoms with van der Waals surface area (Å²) in [6.45, 7) is 0.420. The molecule has 8 nitrogen and oxygen atoms in total. The monoisotopic (exact) mass is 381 g/mol. The zero-order chi connectivity index (χ0) is 18.9. The third-order valence-corrected chi connectivity index (χ3v) is 3.62. The number of carbonyl (C=O) groups is 2. The lowest BCUT2D eigenvalue weighted by molar-refractivity contribution is -0.111. The van der Waals surface area contributed by atoms with E-state index in [0.29, 0.717) is 30.2 Å². The molecular formula is C17H20ClN3O5. The Balaban J connectivity index is 1.93. The van der Waals surface area contributed by atoms with Gasteiger partial charge in [-0.2, -0.15) is 5.10 Å². The molecule has 0 saturated heterocycles. The first-order valence-corrected chi connectivity index (χ1v) is 8.26. The predicted molar refractivity (Wildman–Crippen MR) is 94.8 cm³/mol. The lowest BCUT2D eigenvalue weighted by atomic mass is 10.3. The molecule has 1 aromatic carbocycles. The van der Waals surface area contributed by atoms with Crippen LogP contribution < -0.4 is 19.5 Å². The first kappa shape index (κ1) is 19.6. The Kier molecular flexibility index (Phi) is 7.28. The largest absolute Gasteiger partial charge is 0.493 e. The van der Waals surface area contributed by atoms with E-state index in [-0.39, 0.29) is 24.8 Å². The number of hydrogen-bond donors (Lipinski definition) is 1. The third-order valence-electron chi connectivity index (χ3n) is 3.43. The minimum atomic E-state index is -0.424. The van der Waals surface area contributed by atoms with Crippen LogP contribution >= 0.6 is 11.6 Å². The van der Waals surface area contributed by atoms with Crippen LogP contribution in [0, 0.1) is 0 Å². The van der Waals surface area contributed by atoms with E-state index in [9.17, 15) is 9.59 Å². The summed E-state index contributed by atoms with van der Waals surface area (Å²) in [7, 11) is 3.07. The number of para-hydroxylation sites is 1. The number of ether oxygens (including phenoxy) is 3. The van der Waals surface area contributed by atoms with Gasteiger partial charge in [-0.05, 0) is 36.2 Å².